The summed E-state index contributed by atoms with van der Waals surface area (Å²) < 4.78 is 5.02. The van der Waals surface area contributed by atoms with Gasteiger partial charge in [-0.25, -0.2) is 4.79 Å². The molecule has 2 rings (SSSR count). The quantitative estimate of drug-likeness (QED) is 0.902. The number of halogens is 1. The summed E-state index contributed by atoms with van der Waals surface area (Å²) >= 11 is 7.17. The number of carbonyl (C=O) groups is 1. The van der Waals surface area contributed by atoms with Gasteiger partial charge in [-0.15, -0.1) is 10.2 Å². The Hall–Kier alpha value is -1.66. The van der Waals surface area contributed by atoms with Crippen LogP contribution in [-0.2, 0) is 11.2 Å². The average Bonchev–Trinajstić information content (AvgIpc) is 2.86. The molecule has 0 radical (unpaired) electrons. The molecule has 112 valence electrons. The molecule has 1 aromatic carbocycles. The van der Waals surface area contributed by atoms with Gasteiger partial charge in [-0.05, 0) is 23.6 Å². The number of nitrogens with zero attached hydrogens (tertiary/aromatic N) is 2. The minimum Gasteiger partial charge on any atom is -0.449 e. The van der Waals surface area contributed by atoms with Crippen LogP contribution < -0.4 is 5.32 Å². The van der Waals surface area contributed by atoms with Gasteiger partial charge < -0.3 is 4.74 Å². The molecule has 0 spiro atoms. The Morgan fingerprint density at radius 1 is 1.33 bits per heavy atom. The van der Waals surface area contributed by atoms with Crippen molar-refractivity contribution in [3.8, 4) is 0 Å². The summed E-state index contributed by atoms with van der Waals surface area (Å²) in [5.41, 5.74) is 1.09. The summed E-state index contributed by atoms with van der Waals surface area (Å²) in [5.74, 6) is 0.297. The monoisotopic (exact) mass is 325 g/mol. The lowest BCUT2D eigenvalue weighted by Crippen LogP contribution is -2.16. The van der Waals surface area contributed by atoms with E-state index in [4.69, 9.17) is 16.3 Å². The van der Waals surface area contributed by atoms with E-state index >= 15 is 0 Å². The minimum absolute atomic E-state index is 0.297. The largest absolute Gasteiger partial charge is 0.449 e. The Balaban J connectivity index is 1.89. The Morgan fingerprint density at radius 2 is 2.05 bits per heavy atom. The third kappa shape index (κ3) is 5.32. The molecule has 0 aliphatic heterocycles. The fourth-order valence-corrected chi connectivity index (χ4v) is 2.40. The normalized spacial score (nSPS) is 10.7. The Kier molecular flexibility index (Phi) is 5.52. The molecule has 0 aliphatic rings. The summed E-state index contributed by atoms with van der Waals surface area (Å²) in [5, 5.41) is 12.5. The van der Waals surface area contributed by atoms with Crippen LogP contribution in [0.2, 0.25) is 5.02 Å². The van der Waals surface area contributed by atoms with Crippen molar-refractivity contribution in [1.29, 1.82) is 0 Å². The fraction of sp³-hybridized carbons (Fsp3) is 0.357. The zero-order valence-electron chi connectivity index (χ0n) is 11.8. The van der Waals surface area contributed by atoms with Crippen LogP contribution in [-0.4, -0.2) is 22.9 Å². The third-order valence-electron chi connectivity index (χ3n) is 2.49. The predicted molar refractivity (Wildman–Crippen MR) is 84.0 cm³/mol. The van der Waals surface area contributed by atoms with Crippen LogP contribution >= 0.6 is 22.9 Å². The van der Waals surface area contributed by atoms with Gasteiger partial charge >= 0.3 is 6.09 Å². The van der Waals surface area contributed by atoms with E-state index in [-0.39, 0.29) is 0 Å². The molecule has 2 aromatic rings. The molecular weight excluding hydrogens is 310 g/mol. The van der Waals surface area contributed by atoms with Gasteiger partial charge in [-0.1, -0.05) is 48.9 Å². The number of carbonyl (C=O) groups excluding carboxylic acids is 1. The highest BCUT2D eigenvalue weighted by molar-refractivity contribution is 7.15. The van der Waals surface area contributed by atoms with Gasteiger partial charge in [0.2, 0.25) is 5.13 Å². The summed E-state index contributed by atoms with van der Waals surface area (Å²) in [6, 6.07) is 7.54. The molecule has 0 fully saturated rings. The van der Waals surface area contributed by atoms with E-state index in [1.165, 1.54) is 11.3 Å². The second kappa shape index (κ2) is 7.38. The highest BCUT2D eigenvalue weighted by Crippen LogP contribution is 2.19. The number of amides is 1. The zero-order valence-corrected chi connectivity index (χ0v) is 13.4. The molecule has 0 bridgehead atoms. The van der Waals surface area contributed by atoms with E-state index < -0.39 is 6.09 Å². The Bertz CT molecular complexity index is 599. The molecule has 1 heterocycles. The standard InChI is InChI=1S/C14H16ClN3O2S/c1-9(2)8-20-14(19)16-13-18-17-12(21-13)7-10-3-5-11(15)6-4-10/h3-6,9H,7-8H2,1-2H3,(H,16,18,19). The number of nitrogens with one attached hydrogen (secondary N) is 1. The molecule has 5 nitrogen and oxygen atoms in total. The van der Waals surface area contributed by atoms with Crippen molar-refractivity contribution in [1.82, 2.24) is 10.2 Å². The molecule has 0 atom stereocenters. The highest BCUT2D eigenvalue weighted by Gasteiger charge is 2.10. The van der Waals surface area contributed by atoms with Crippen LogP contribution in [0.1, 0.15) is 24.4 Å². The average molecular weight is 326 g/mol. The van der Waals surface area contributed by atoms with Crippen LogP contribution in [0.15, 0.2) is 24.3 Å². The number of rotatable bonds is 5. The molecule has 0 saturated carbocycles. The molecule has 7 heteroatoms. The van der Waals surface area contributed by atoms with E-state index in [0.717, 1.165) is 10.6 Å². The van der Waals surface area contributed by atoms with Gasteiger partial charge in [-0.2, -0.15) is 0 Å². The van der Waals surface area contributed by atoms with Crippen molar-refractivity contribution in [2.24, 2.45) is 5.92 Å². The van der Waals surface area contributed by atoms with E-state index in [2.05, 4.69) is 15.5 Å². The van der Waals surface area contributed by atoms with Gasteiger partial charge in [0, 0.05) is 11.4 Å². The maximum absolute atomic E-state index is 11.5. The summed E-state index contributed by atoms with van der Waals surface area (Å²) in [7, 11) is 0. The van der Waals surface area contributed by atoms with Crippen LogP contribution in [0.25, 0.3) is 0 Å². The number of benzene rings is 1. The van der Waals surface area contributed by atoms with E-state index in [1.54, 1.807) is 0 Å². The lowest BCUT2D eigenvalue weighted by atomic mass is 10.2. The molecular formula is C14H16ClN3O2S. The van der Waals surface area contributed by atoms with Crippen molar-refractivity contribution in [3.05, 3.63) is 39.9 Å². The van der Waals surface area contributed by atoms with Crippen molar-refractivity contribution >= 4 is 34.2 Å². The molecule has 1 amide bonds. The van der Waals surface area contributed by atoms with Crippen LogP contribution in [0, 0.1) is 5.92 Å². The van der Waals surface area contributed by atoms with Crippen LogP contribution in [0.3, 0.4) is 0 Å². The number of hydrogen-bond donors (Lipinski definition) is 1. The SMILES string of the molecule is CC(C)COC(=O)Nc1nnc(Cc2ccc(Cl)cc2)s1. The van der Waals surface area contributed by atoms with E-state index in [9.17, 15) is 4.79 Å². The first kappa shape index (κ1) is 15.7. The predicted octanol–water partition coefficient (Wildman–Crippen LogP) is 3.99. The smallest absolute Gasteiger partial charge is 0.413 e. The van der Waals surface area contributed by atoms with Crippen molar-refractivity contribution < 1.29 is 9.53 Å². The maximum Gasteiger partial charge on any atom is 0.413 e. The first-order chi connectivity index (χ1) is 10.0. The molecule has 1 aromatic heterocycles. The molecule has 1 N–H and O–H groups in total. The third-order valence-corrected chi connectivity index (χ3v) is 3.58. The van der Waals surface area contributed by atoms with Gasteiger partial charge in [0.25, 0.3) is 0 Å². The van der Waals surface area contributed by atoms with Gasteiger partial charge in [0.1, 0.15) is 5.01 Å². The number of anilines is 1. The number of hydrogen-bond acceptors (Lipinski definition) is 5. The van der Waals surface area contributed by atoms with Gasteiger partial charge in [-0.3, -0.25) is 5.32 Å². The lowest BCUT2D eigenvalue weighted by molar-refractivity contribution is 0.147. The number of ether oxygens (including phenoxy) is 1. The second-order valence-corrected chi connectivity index (χ2v) is 6.42. The van der Waals surface area contributed by atoms with Gasteiger partial charge in [0.05, 0.1) is 6.61 Å². The van der Waals surface area contributed by atoms with Crippen molar-refractivity contribution in [2.75, 3.05) is 11.9 Å². The topological polar surface area (TPSA) is 64.1 Å². The molecule has 21 heavy (non-hydrogen) atoms. The van der Waals surface area contributed by atoms with E-state index in [1.807, 2.05) is 38.1 Å². The highest BCUT2D eigenvalue weighted by atomic mass is 35.5. The minimum atomic E-state index is -0.502. The molecule has 0 unspecified atom stereocenters. The number of aromatic nitrogens is 2. The van der Waals surface area contributed by atoms with Crippen molar-refractivity contribution in [2.45, 2.75) is 20.3 Å². The second-order valence-electron chi connectivity index (χ2n) is 4.92. The zero-order chi connectivity index (χ0) is 15.2. The maximum atomic E-state index is 11.5. The first-order valence-corrected chi connectivity index (χ1v) is 7.73. The summed E-state index contributed by atoms with van der Waals surface area (Å²) in [6.07, 6.45) is 0.148. The van der Waals surface area contributed by atoms with Crippen LogP contribution in [0.5, 0.6) is 0 Å². The van der Waals surface area contributed by atoms with Crippen LogP contribution in [0.4, 0.5) is 9.93 Å². The van der Waals surface area contributed by atoms with Crippen molar-refractivity contribution in [3.63, 3.8) is 0 Å². The Morgan fingerprint density at radius 3 is 2.71 bits per heavy atom. The van der Waals surface area contributed by atoms with E-state index in [0.29, 0.717) is 29.1 Å². The summed E-state index contributed by atoms with van der Waals surface area (Å²) in [6.45, 7) is 4.33. The molecule has 0 saturated heterocycles. The van der Waals surface area contributed by atoms with Gasteiger partial charge in [0.15, 0.2) is 0 Å². The fourth-order valence-electron chi connectivity index (χ4n) is 1.52. The lowest BCUT2D eigenvalue weighted by Gasteiger charge is -2.06. The summed E-state index contributed by atoms with van der Waals surface area (Å²) in [4.78, 5) is 11.5. The molecule has 0 aliphatic carbocycles. The Labute approximate surface area is 132 Å². The first-order valence-electron chi connectivity index (χ1n) is 6.53.